The van der Waals surface area contributed by atoms with Crippen LogP contribution in [0.1, 0.15) is 29.4 Å². The van der Waals surface area contributed by atoms with Crippen molar-refractivity contribution in [1.82, 2.24) is 4.98 Å². The number of hydrogen-bond donors (Lipinski definition) is 2. The highest BCUT2D eigenvalue weighted by Gasteiger charge is 2.51. The molecule has 1 unspecified atom stereocenters. The Kier molecular flexibility index (Phi) is 4.26. The first-order valence-corrected chi connectivity index (χ1v) is 8.64. The summed E-state index contributed by atoms with van der Waals surface area (Å²) in [5.41, 5.74) is 4.90. The summed E-state index contributed by atoms with van der Waals surface area (Å²) in [6.07, 6.45) is 1.33. The number of halogens is 2. The molecule has 2 aliphatic rings. The van der Waals surface area contributed by atoms with Crippen molar-refractivity contribution >= 4 is 17.6 Å². The summed E-state index contributed by atoms with van der Waals surface area (Å²) in [4.78, 5) is 20.4. The van der Waals surface area contributed by atoms with Crippen molar-refractivity contribution in [2.75, 3.05) is 18.5 Å². The van der Waals surface area contributed by atoms with Crippen LogP contribution in [-0.4, -0.2) is 35.7 Å². The van der Waals surface area contributed by atoms with Crippen LogP contribution in [0.2, 0.25) is 0 Å². The Hall–Kier alpha value is -3.07. The molecule has 2 aliphatic heterocycles. The summed E-state index contributed by atoms with van der Waals surface area (Å²) in [6.45, 7) is 2.47. The summed E-state index contributed by atoms with van der Waals surface area (Å²) in [6, 6.07) is 6.56. The van der Waals surface area contributed by atoms with Gasteiger partial charge in [0, 0.05) is 17.7 Å². The quantitative estimate of drug-likeness (QED) is 0.841. The predicted molar refractivity (Wildman–Crippen MR) is 96.8 cm³/mol. The summed E-state index contributed by atoms with van der Waals surface area (Å²) in [5, 5.41) is 2.64. The highest BCUT2D eigenvalue weighted by molar-refractivity contribution is 6.02. The second-order valence-electron chi connectivity index (χ2n) is 7.19. The fourth-order valence-electron chi connectivity index (χ4n) is 3.56. The van der Waals surface area contributed by atoms with Crippen molar-refractivity contribution < 1.29 is 23.0 Å². The van der Waals surface area contributed by atoms with Gasteiger partial charge in [-0.1, -0.05) is 0 Å². The van der Waals surface area contributed by atoms with Crippen molar-refractivity contribution in [3.63, 3.8) is 0 Å². The molecule has 0 saturated carbocycles. The highest BCUT2D eigenvalue weighted by Crippen LogP contribution is 2.43. The molecular weight excluding hydrogens is 370 g/mol. The number of ether oxygens (including phenoxy) is 2. The van der Waals surface area contributed by atoms with Gasteiger partial charge in [0.2, 0.25) is 0 Å². The van der Waals surface area contributed by atoms with Crippen LogP contribution in [0.4, 0.5) is 14.5 Å². The second-order valence-corrected chi connectivity index (χ2v) is 7.19. The lowest BCUT2D eigenvalue weighted by Gasteiger charge is -2.48. The number of amides is 1. The van der Waals surface area contributed by atoms with Gasteiger partial charge in [-0.15, -0.1) is 0 Å². The van der Waals surface area contributed by atoms with E-state index in [-0.39, 0.29) is 17.3 Å². The van der Waals surface area contributed by atoms with Crippen LogP contribution < -0.4 is 11.1 Å². The third kappa shape index (κ3) is 3.29. The number of benzene rings is 1. The van der Waals surface area contributed by atoms with Crippen molar-refractivity contribution in [1.29, 1.82) is 0 Å². The lowest BCUT2D eigenvalue weighted by molar-refractivity contribution is -0.187. The fraction of sp³-hybridized carbons (Fsp3) is 0.316. The molecule has 1 amide bonds. The molecule has 28 heavy (non-hydrogen) atoms. The third-order valence-corrected chi connectivity index (χ3v) is 4.84. The number of nitrogens with zero attached hydrogens (tertiary/aromatic N) is 2. The largest absolute Gasteiger partial charge is 0.454 e. The van der Waals surface area contributed by atoms with Gasteiger partial charge in [0.25, 0.3) is 11.9 Å². The zero-order chi connectivity index (χ0) is 19.9. The molecule has 1 spiro atoms. The average Bonchev–Trinajstić information content (AvgIpc) is 2.61. The van der Waals surface area contributed by atoms with E-state index in [0.717, 1.165) is 12.3 Å². The lowest BCUT2D eigenvalue weighted by atomic mass is 9.78. The Labute approximate surface area is 159 Å². The Balaban J connectivity index is 1.63. The van der Waals surface area contributed by atoms with E-state index in [0.29, 0.717) is 25.3 Å². The first kappa shape index (κ1) is 18.3. The molecule has 1 atom stereocenters. The molecule has 0 radical (unpaired) electrons. The number of nitrogens with two attached hydrogens (primary N) is 1. The number of rotatable bonds is 3. The normalized spacial score (nSPS) is 22.8. The standard InChI is InChI=1S/C19H18F2N4O3/c1-18(8-19(9-27-10-19)28-17(22)25-18)13-6-12(3-4-14(13)21)24-16(26)15-5-2-11(20)7-23-15/h2-7H,8-10H2,1H3,(H2,22,25)(H,24,26). The maximum absolute atomic E-state index is 14.7. The monoisotopic (exact) mass is 388 g/mol. The Morgan fingerprint density at radius 2 is 2.04 bits per heavy atom. The molecule has 0 aliphatic carbocycles. The van der Waals surface area contributed by atoms with Gasteiger partial charge in [-0.2, -0.15) is 0 Å². The van der Waals surface area contributed by atoms with E-state index in [4.69, 9.17) is 15.2 Å². The summed E-state index contributed by atoms with van der Waals surface area (Å²) < 4.78 is 38.5. The first-order chi connectivity index (χ1) is 13.3. The van der Waals surface area contributed by atoms with E-state index < -0.39 is 28.7 Å². The van der Waals surface area contributed by atoms with Crippen LogP contribution in [-0.2, 0) is 15.0 Å². The number of aliphatic imine (C=N–C) groups is 1. The van der Waals surface area contributed by atoms with Crippen LogP contribution in [0, 0.1) is 11.6 Å². The predicted octanol–water partition coefficient (Wildman–Crippen LogP) is 2.33. The smallest absolute Gasteiger partial charge is 0.283 e. The van der Waals surface area contributed by atoms with E-state index in [1.54, 1.807) is 6.92 Å². The summed E-state index contributed by atoms with van der Waals surface area (Å²) >= 11 is 0. The molecule has 2 aromatic rings. The van der Waals surface area contributed by atoms with Crippen molar-refractivity contribution in [3.8, 4) is 0 Å². The van der Waals surface area contributed by atoms with Crippen molar-refractivity contribution in [2.45, 2.75) is 24.5 Å². The van der Waals surface area contributed by atoms with E-state index in [1.165, 1.54) is 24.3 Å². The molecule has 0 bridgehead atoms. The summed E-state index contributed by atoms with van der Waals surface area (Å²) in [7, 11) is 0. The van der Waals surface area contributed by atoms with Gasteiger partial charge < -0.3 is 20.5 Å². The SMILES string of the molecule is CC1(c2cc(NC(=O)c3ccc(F)cn3)ccc2F)CC2(COC2)OC(N)=N1. The number of amidine groups is 1. The van der Waals surface area contributed by atoms with Crippen molar-refractivity contribution in [3.05, 3.63) is 59.4 Å². The van der Waals surface area contributed by atoms with Crippen LogP contribution in [0.3, 0.4) is 0 Å². The van der Waals surface area contributed by atoms with Gasteiger partial charge in [0.15, 0.2) is 5.60 Å². The van der Waals surface area contributed by atoms with Gasteiger partial charge in [0.1, 0.15) is 17.3 Å². The molecule has 7 nitrogen and oxygen atoms in total. The van der Waals surface area contributed by atoms with Gasteiger partial charge in [-0.25, -0.2) is 18.8 Å². The van der Waals surface area contributed by atoms with E-state index in [2.05, 4.69) is 15.3 Å². The van der Waals surface area contributed by atoms with Crippen LogP contribution >= 0.6 is 0 Å². The maximum atomic E-state index is 14.7. The molecule has 146 valence electrons. The van der Waals surface area contributed by atoms with Gasteiger partial charge in [-0.3, -0.25) is 4.79 Å². The molecule has 3 N–H and O–H groups in total. The zero-order valence-corrected chi connectivity index (χ0v) is 15.0. The first-order valence-electron chi connectivity index (χ1n) is 8.64. The maximum Gasteiger partial charge on any atom is 0.283 e. The van der Waals surface area contributed by atoms with E-state index in [9.17, 15) is 13.6 Å². The van der Waals surface area contributed by atoms with Gasteiger partial charge in [0.05, 0.1) is 24.9 Å². The van der Waals surface area contributed by atoms with Crippen LogP contribution in [0.15, 0.2) is 41.5 Å². The van der Waals surface area contributed by atoms with E-state index >= 15 is 0 Å². The number of pyridine rings is 1. The minimum atomic E-state index is -0.981. The van der Waals surface area contributed by atoms with Crippen LogP contribution in [0.25, 0.3) is 0 Å². The zero-order valence-electron chi connectivity index (χ0n) is 15.0. The summed E-state index contributed by atoms with van der Waals surface area (Å²) in [5.74, 6) is -1.56. The number of nitrogens with one attached hydrogen (secondary N) is 1. The number of anilines is 1. The molecule has 3 heterocycles. The Morgan fingerprint density at radius 1 is 1.25 bits per heavy atom. The van der Waals surface area contributed by atoms with E-state index in [1.807, 2.05) is 0 Å². The second kappa shape index (κ2) is 6.52. The topological polar surface area (TPSA) is 98.8 Å². The Bertz CT molecular complexity index is 960. The molecular formula is C19H18F2N4O3. The lowest BCUT2D eigenvalue weighted by Crippen LogP contribution is -2.59. The van der Waals surface area contributed by atoms with Gasteiger partial charge >= 0.3 is 0 Å². The van der Waals surface area contributed by atoms with Gasteiger partial charge in [-0.05, 0) is 37.3 Å². The number of carbonyl (C=O) groups excluding carboxylic acids is 1. The molecule has 1 fully saturated rings. The third-order valence-electron chi connectivity index (χ3n) is 4.84. The molecule has 1 aromatic heterocycles. The Morgan fingerprint density at radius 3 is 2.68 bits per heavy atom. The van der Waals surface area contributed by atoms with Crippen molar-refractivity contribution in [2.24, 2.45) is 10.7 Å². The number of aromatic nitrogens is 1. The minimum absolute atomic E-state index is 0.0265. The molecule has 1 aromatic carbocycles. The van der Waals surface area contributed by atoms with Crippen LogP contribution in [0.5, 0.6) is 0 Å². The minimum Gasteiger partial charge on any atom is -0.454 e. The highest BCUT2D eigenvalue weighted by atomic mass is 19.1. The number of hydrogen-bond acceptors (Lipinski definition) is 6. The molecule has 9 heteroatoms. The molecule has 4 rings (SSSR count). The fourth-order valence-corrected chi connectivity index (χ4v) is 3.56. The number of carbonyl (C=O) groups is 1. The molecule has 1 saturated heterocycles. The average molecular weight is 388 g/mol.